The summed E-state index contributed by atoms with van der Waals surface area (Å²) in [6.45, 7) is 4.36. The predicted molar refractivity (Wildman–Crippen MR) is 108 cm³/mol. The van der Waals surface area contributed by atoms with Gasteiger partial charge in [-0.1, -0.05) is 12.1 Å². The van der Waals surface area contributed by atoms with E-state index >= 15 is 0 Å². The lowest BCUT2D eigenvalue weighted by Crippen LogP contribution is -2.25. The summed E-state index contributed by atoms with van der Waals surface area (Å²) in [6.07, 6.45) is 3.90. The molecule has 1 saturated heterocycles. The molecule has 2 aromatic rings. The summed E-state index contributed by atoms with van der Waals surface area (Å²) in [5, 5.41) is 6.31. The zero-order chi connectivity index (χ0) is 18.6. The fraction of sp³-hybridized carbons (Fsp3) is 0.364. The Kier molecular flexibility index (Phi) is 5.21. The van der Waals surface area contributed by atoms with E-state index in [1.54, 1.807) is 6.07 Å². The molecule has 0 bridgehead atoms. The Balaban J connectivity index is 1.35. The topological polar surface area (TPSA) is 61.4 Å². The summed E-state index contributed by atoms with van der Waals surface area (Å²) in [6, 6.07) is 13.1. The maximum absolute atomic E-state index is 12.6. The number of hydrogen-bond donors (Lipinski definition) is 2. The summed E-state index contributed by atoms with van der Waals surface area (Å²) < 4.78 is 0. The maximum Gasteiger partial charge on any atom is 0.255 e. The summed E-state index contributed by atoms with van der Waals surface area (Å²) in [5.74, 6) is -0.0785. The van der Waals surface area contributed by atoms with Crippen LogP contribution in [-0.2, 0) is 6.42 Å². The minimum absolute atomic E-state index is 0.110. The molecule has 0 unspecified atom stereocenters. The van der Waals surface area contributed by atoms with Crippen molar-refractivity contribution >= 4 is 23.1 Å². The van der Waals surface area contributed by atoms with Crippen LogP contribution >= 0.6 is 0 Å². The first-order valence-corrected chi connectivity index (χ1v) is 9.73. The van der Waals surface area contributed by atoms with Gasteiger partial charge in [0.25, 0.3) is 5.91 Å². The molecule has 1 heterocycles. The Bertz CT molecular complexity index is 839. The Labute approximate surface area is 159 Å². The van der Waals surface area contributed by atoms with Crippen molar-refractivity contribution < 1.29 is 9.59 Å². The zero-order valence-electron chi connectivity index (χ0n) is 15.5. The molecule has 140 valence electrons. The molecule has 1 aliphatic carbocycles. The van der Waals surface area contributed by atoms with Gasteiger partial charge in [0.1, 0.15) is 0 Å². The third-order valence-electron chi connectivity index (χ3n) is 5.40. The van der Waals surface area contributed by atoms with Crippen LogP contribution in [0.2, 0.25) is 0 Å². The Morgan fingerprint density at radius 1 is 1.00 bits per heavy atom. The number of carbonyl (C=O) groups is 2. The van der Waals surface area contributed by atoms with Gasteiger partial charge in [0, 0.05) is 36.3 Å². The van der Waals surface area contributed by atoms with Gasteiger partial charge in [0.2, 0.25) is 0 Å². The third-order valence-corrected chi connectivity index (χ3v) is 5.40. The number of carbonyl (C=O) groups excluding carboxylic acids is 2. The van der Waals surface area contributed by atoms with Crippen LogP contribution in [0.1, 0.15) is 45.5 Å². The highest BCUT2D eigenvalue weighted by Crippen LogP contribution is 2.29. The number of Topliss-reactive ketones (excluding diaryl/α,β-unsaturated/α-hetero) is 1. The summed E-state index contributed by atoms with van der Waals surface area (Å²) in [4.78, 5) is 27.1. The number of amides is 1. The van der Waals surface area contributed by atoms with Gasteiger partial charge in [0.05, 0.1) is 5.69 Å². The van der Waals surface area contributed by atoms with E-state index < -0.39 is 0 Å². The lowest BCUT2D eigenvalue weighted by atomic mass is 10.1. The SMILES string of the molecule is O=C(Nc1cccc2c1C(=O)CC2)c1ccc(NCCN2CCCC2)cc1. The molecular formula is C22H25N3O2. The molecule has 0 saturated carbocycles. The van der Waals surface area contributed by atoms with Crippen LogP contribution in [0.15, 0.2) is 42.5 Å². The highest BCUT2D eigenvalue weighted by molar-refractivity contribution is 6.11. The van der Waals surface area contributed by atoms with E-state index in [1.807, 2.05) is 36.4 Å². The molecule has 2 N–H and O–H groups in total. The molecule has 2 aliphatic rings. The second-order valence-corrected chi connectivity index (χ2v) is 7.27. The summed E-state index contributed by atoms with van der Waals surface area (Å²) in [5.41, 5.74) is 3.92. The van der Waals surface area contributed by atoms with Crippen LogP contribution in [-0.4, -0.2) is 42.8 Å². The minimum Gasteiger partial charge on any atom is -0.384 e. The molecule has 0 radical (unpaired) electrons. The highest BCUT2D eigenvalue weighted by Gasteiger charge is 2.23. The van der Waals surface area contributed by atoms with Crippen molar-refractivity contribution in [2.75, 3.05) is 36.8 Å². The number of likely N-dealkylation sites (tertiary alicyclic amines) is 1. The number of aryl methyl sites for hydroxylation is 1. The van der Waals surface area contributed by atoms with Crippen molar-refractivity contribution in [3.8, 4) is 0 Å². The summed E-state index contributed by atoms with van der Waals surface area (Å²) in [7, 11) is 0. The van der Waals surface area contributed by atoms with Crippen molar-refractivity contribution in [2.45, 2.75) is 25.7 Å². The van der Waals surface area contributed by atoms with Crippen LogP contribution < -0.4 is 10.6 Å². The van der Waals surface area contributed by atoms with Crippen LogP contribution in [0.5, 0.6) is 0 Å². The average molecular weight is 363 g/mol. The quantitative estimate of drug-likeness (QED) is 0.824. The van der Waals surface area contributed by atoms with Crippen LogP contribution in [0, 0.1) is 0 Å². The van der Waals surface area contributed by atoms with Crippen molar-refractivity contribution in [1.82, 2.24) is 4.90 Å². The number of rotatable bonds is 6. The number of anilines is 2. The van der Waals surface area contributed by atoms with Crippen molar-refractivity contribution in [2.24, 2.45) is 0 Å². The first kappa shape index (κ1) is 17.7. The molecule has 4 rings (SSSR count). The number of fused-ring (bicyclic) bond motifs is 1. The molecule has 0 aromatic heterocycles. The van der Waals surface area contributed by atoms with E-state index in [-0.39, 0.29) is 11.7 Å². The van der Waals surface area contributed by atoms with E-state index in [0.717, 1.165) is 30.8 Å². The van der Waals surface area contributed by atoms with Crippen molar-refractivity contribution in [1.29, 1.82) is 0 Å². The van der Waals surface area contributed by atoms with E-state index in [1.165, 1.54) is 25.9 Å². The monoisotopic (exact) mass is 363 g/mol. The Morgan fingerprint density at radius 3 is 2.56 bits per heavy atom. The van der Waals surface area contributed by atoms with Gasteiger partial charge in [-0.25, -0.2) is 0 Å². The molecule has 5 nitrogen and oxygen atoms in total. The number of hydrogen-bond acceptors (Lipinski definition) is 4. The van der Waals surface area contributed by atoms with E-state index in [2.05, 4.69) is 15.5 Å². The average Bonchev–Trinajstić information content (AvgIpc) is 3.33. The van der Waals surface area contributed by atoms with Gasteiger partial charge in [-0.15, -0.1) is 0 Å². The fourth-order valence-electron chi connectivity index (χ4n) is 3.91. The molecule has 5 heteroatoms. The number of ketones is 1. The van der Waals surface area contributed by atoms with E-state index in [0.29, 0.717) is 23.2 Å². The normalized spacial score (nSPS) is 16.4. The lowest BCUT2D eigenvalue weighted by molar-refractivity contribution is 0.0995. The molecule has 1 fully saturated rings. The molecule has 1 amide bonds. The molecule has 0 spiro atoms. The molecule has 27 heavy (non-hydrogen) atoms. The first-order chi connectivity index (χ1) is 13.2. The number of nitrogens with one attached hydrogen (secondary N) is 2. The summed E-state index contributed by atoms with van der Waals surface area (Å²) >= 11 is 0. The van der Waals surface area contributed by atoms with Gasteiger partial charge in [0.15, 0.2) is 5.78 Å². The molecule has 0 atom stereocenters. The first-order valence-electron chi connectivity index (χ1n) is 9.73. The molecule has 2 aromatic carbocycles. The van der Waals surface area contributed by atoms with E-state index in [4.69, 9.17) is 0 Å². The second-order valence-electron chi connectivity index (χ2n) is 7.27. The van der Waals surface area contributed by atoms with Crippen molar-refractivity contribution in [3.63, 3.8) is 0 Å². The van der Waals surface area contributed by atoms with Gasteiger partial charge in [-0.05, 0) is 68.2 Å². The predicted octanol–water partition coefficient (Wildman–Crippen LogP) is 3.58. The minimum atomic E-state index is -0.188. The van der Waals surface area contributed by atoms with Crippen LogP contribution in [0.25, 0.3) is 0 Å². The van der Waals surface area contributed by atoms with Gasteiger partial charge in [-0.2, -0.15) is 0 Å². The van der Waals surface area contributed by atoms with Gasteiger partial charge < -0.3 is 15.5 Å². The van der Waals surface area contributed by atoms with Gasteiger partial charge >= 0.3 is 0 Å². The second kappa shape index (κ2) is 7.92. The standard InChI is InChI=1S/C22H25N3O2/c26-20-11-8-16-4-3-5-19(21(16)20)24-22(27)17-6-9-18(10-7-17)23-12-15-25-13-1-2-14-25/h3-7,9-10,23H,1-2,8,11-15H2,(H,24,27). The Hall–Kier alpha value is -2.66. The van der Waals surface area contributed by atoms with Gasteiger partial charge in [-0.3, -0.25) is 9.59 Å². The van der Waals surface area contributed by atoms with E-state index in [9.17, 15) is 9.59 Å². The number of benzene rings is 2. The van der Waals surface area contributed by atoms with Crippen molar-refractivity contribution in [3.05, 3.63) is 59.2 Å². The smallest absolute Gasteiger partial charge is 0.255 e. The lowest BCUT2D eigenvalue weighted by Gasteiger charge is -2.15. The third kappa shape index (κ3) is 4.03. The fourth-order valence-corrected chi connectivity index (χ4v) is 3.91. The Morgan fingerprint density at radius 2 is 1.78 bits per heavy atom. The largest absolute Gasteiger partial charge is 0.384 e. The highest BCUT2D eigenvalue weighted by atomic mass is 16.1. The number of nitrogens with zero attached hydrogens (tertiary/aromatic N) is 1. The van der Waals surface area contributed by atoms with Crippen LogP contribution in [0.4, 0.5) is 11.4 Å². The molecule has 1 aliphatic heterocycles. The van der Waals surface area contributed by atoms with Crippen LogP contribution in [0.3, 0.4) is 0 Å². The zero-order valence-corrected chi connectivity index (χ0v) is 15.5. The maximum atomic E-state index is 12.6. The molecular weight excluding hydrogens is 338 g/mol.